The third kappa shape index (κ3) is 3.10. The molecule has 0 spiro atoms. The molecule has 7 heteroatoms. The SMILES string of the molecule is CCOC(=O)C1=C(C)OC(N)=C(C#N)C1c1cc(Cl)ccc1O. The summed E-state index contributed by atoms with van der Waals surface area (Å²) in [6, 6.07) is 6.29. The maximum Gasteiger partial charge on any atom is 0.338 e. The first kappa shape index (κ1) is 16.7. The van der Waals surface area contributed by atoms with E-state index in [-0.39, 0.29) is 40.7 Å². The van der Waals surface area contributed by atoms with Crippen molar-refractivity contribution in [1.82, 2.24) is 0 Å². The molecular weight excluding hydrogens is 320 g/mol. The average molecular weight is 335 g/mol. The summed E-state index contributed by atoms with van der Waals surface area (Å²) in [7, 11) is 0. The van der Waals surface area contributed by atoms with E-state index in [0.717, 1.165) is 0 Å². The second-order valence-electron chi connectivity index (χ2n) is 4.82. The lowest BCUT2D eigenvalue weighted by molar-refractivity contribution is -0.139. The number of nitriles is 1. The van der Waals surface area contributed by atoms with Gasteiger partial charge in [-0.15, -0.1) is 0 Å². The number of hydrogen-bond acceptors (Lipinski definition) is 6. The molecule has 1 aromatic carbocycles. The van der Waals surface area contributed by atoms with Crippen molar-refractivity contribution in [3.05, 3.63) is 51.6 Å². The third-order valence-electron chi connectivity index (χ3n) is 3.40. The van der Waals surface area contributed by atoms with Crippen LogP contribution < -0.4 is 5.73 Å². The topological polar surface area (TPSA) is 106 Å². The summed E-state index contributed by atoms with van der Waals surface area (Å²) in [5, 5.41) is 19.9. The van der Waals surface area contributed by atoms with E-state index in [9.17, 15) is 15.2 Å². The van der Waals surface area contributed by atoms with Crippen LogP contribution in [0.2, 0.25) is 5.02 Å². The molecule has 0 saturated heterocycles. The normalized spacial score (nSPS) is 17.6. The Kier molecular flexibility index (Phi) is 4.82. The fourth-order valence-corrected chi connectivity index (χ4v) is 2.60. The van der Waals surface area contributed by atoms with Gasteiger partial charge in [-0.05, 0) is 32.0 Å². The lowest BCUT2D eigenvalue weighted by Crippen LogP contribution is -2.25. The van der Waals surface area contributed by atoms with Gasteiger partial charge in [0, 0.05) is 10.6 Å². The average Bonchev–Trinajstić information content (AvgIpc) is 2.49. The standard InChI is InChI=1S/C16H15ClN2O4/c1-3-22-16(21)13-8(2)23-15(19)11(7-18)14(13)10-6-9(17)4-5-12(10)20/h4-6,14,20H,3,19H2,1-2H3. The molecule has 1 aromatic rings. The number of aromatic hydroxyl groups is 1. The molecule has 0 aliphatic carbocycles. The Bertz CT molecular complexity index is 762. The highest BCUT2D eigenvalue weighted by molar-refractivity contribution is 6.30. The third-order valence-corrected chi connectivity index (χ3v) is 3.64. The fraction of sp³-hybridized carbons (Fsp3) is 0.250. The quantitative estimate of drug-likeness (QED) is 0.823. The van der Waals surface area contributed by atoms with Crippen LogP contribution in [-0.4, -0.2) is 17.7 Å². The molecule has 120 valence electrons. The van der Waals surface area contributed by atoms with Crippen LogP contribution in [0.4, 0.5) is 0 Å². The van der Waals surface area contributed by atoms with Crippen LogP contribution >= 0.6 is 11.6 Å². The second-order valence-corrected chi connectivity index (χ2v) is 5.25. The van der Waals surface area contributed by atoms with Gasteiger partial charge in [-0.2, -0.15) is 5.26 Å². The van der Waals surface area contributed by atoms with E-state index in [1.165, 1.54) is 18.2 Å². The largest absolute Gasteiger partial charge is 0.508 e. The lowest BCUT2D eigenvalue weighted by atomic mass is 9.82. The predicted octanol–water partition coefficient (Wildman–Crippen LogP) is 2.69. The smallest absolute Gasteiger partial charge is 0.338 e. The highest BCUT2D eigenvalue weighted by Crippen LogP contribution is 2.43. The molecule has 0 bridgehead atoms. The summed E-state index contributed by atoms with van der Waals surface area (Å²) in [6.07, 6.45) is 0. The second kappa shape index (κ2) is 6.63. The van der Waals surface area contributed by atoms with Gasteiger partial charge in [0.15, 0.2) is 0 Å². The van der Waals surface area contributed by atoms with Gasteiger partial charge in [0.2, 0.25) is 5.88 Å². The molecule has 1 heterocycles. The van der Waals surface area contributed by atoms with Gasteiger partial charge in [0.05, 0.1) is 18.1 Å². The first-order chi connectivity index (χ1) is 10.9. The van der Waals surface area contributed by atoms with Gasteiger partial charge in [0.1, 0.15) is 23.2 Å². The monoisotopic (exact) mass is 334 g/mol. The van der Waals surface area contributed by atoms with Crippen LogP contribution in [0, 0.1) is 11.3 Å². The zero-order valence-electron chi connectivity index (χ0n) is 12.6. The number of nitrogens with zero attached hydrogens (tertiary/aromatic N) is 1. The maximum atomic E-state index is 12.3. The Morgan fingerprint density at radius 1 is 1.57 bits per heavy atom. The predicted molar refractivity (Wildman–Crippen MR) is 83.1 cm³/mol. The van der Waals surface area contributed by atoms with Crippen LogP contribution in [-0.2, 0) is 14.3 Å². The van der Waals surface area contributed by atoms with E-state index in [1.807, 2.05) is 6.07 Å². The number of rotatable bonds is 3. The van der Waals surface area contributed by atoms with E-state index in [0.29, 0.717) is 5.02 Å². The van der Waals surface area contributed by atoms with Crippen molar-refractivity contribution >= 4 is 17.6 Å². The van der Waals surface area contributed by atoms with Crippen LogP contribution in [0.3, 0.4) is 0 Å². The number of halogens is 1. The summed E-state index contributed by atoms with van der Waals surface area (Å²) >= 11 is 5.98. The van der Waals surface area contributed by atoms with Crippen molar-refractivity contribution in [2.75, 3.05) is 6.61 Å². The minimum absolute atomic E-state index is 0.0104. The highest BCUT2D eigenvalue weighted by Gasteiger charge is 2.37. The lowest BCUT2D eigenvalue weighted by Gasteiger charge is -2.27. The van der Waals surface area contributed by atoms with Crippen LogP contribution in [0.1, 0.15) is 25.3 Å². The maximum absolute atomic E-state index is 12.3. The summed E-state index contributed by atoms with van der Waals surface area (Å²) in [4.78, 5) is 12.3. The number of carbonyl (C=O) groups is 1. The summed E-state index contributed by atoms with van der Waals surface area (Å²) in [5.74, 6) is -1.58. The van der Waals surface area contributed by atoms with E-state index >= 15 is 0 Å². The molecule has 1 unspecified atom stereocenters. The highest BCUT2D eigenvalue weighted by atomic mass is 35.5. The minimum Gasteiger partial charge on any atom is -0.508 e. The number of phenols is 1. The van der Waals surface area contributed by atoms with E-state index < -0.39 is 11.9 Å². The molecule has 0 fully saturated rings. The molecule has 0 aromatic heterocycles. The summed E-state index contributed by atoms with van der Waals surface area (Å²) in [5.41, 5.74) is 6.16. The number of ether oxygens (including phenoxy) is 2. The van der Waals surface area contributed by atoms with Crippen LogP contribution in [0.15, 0.2) is 41.0 Å². The Balaban J connectivity index is 2.69. The Hall–Kier alpha value is -2.65. The number of carbonyl (C=O) groups excluding carboxylic acids is 1. The zero-order valence-corrected chi connectivity index (χ0v) is 13.3. The molecule has 2 rings (SSSR count). The van der Waals surface area contributed by atoms with Crippen molar-refractivity contribution in [2.24, 2.45) is 5.73 Å². The van der Waals surface area contributed by atoms with Crippen molar-refractivity contribution in [2.45, 2.75) is 19.8 Å². The molecule has 0 amide bonds. The van der Waals surface area contributed by atoms with E-state index in [4.69, 9.17) is 26.8 Å². The summed E-state index contributed by atoms with van der Waals surface area (Å²) in [6.45, 7) is 3.37. The summed E-state index contributed by atoms with van der Waals surface area (Å²) < 4.78 is 10.3. The van der Waals surface area contributed by atoms with E-state index in [2.05, 4.69) is 0 Å². The molecular formula is C16H15ClN2O4. The van der Waals surface area contributed by atoms with Crippen molar-refractivity contribution < 1.29 is 19.4 Å². The van der Waals surface area contributed by atoms with Crippen LogP contribution in [0.5, 0.6) is 5.75 Å². The zero-order chi connectivity index (χ0) is 17.1. The van der Waals surface area contributed by atoms with Gasteiger partial charge in [-0.25, -0.2) is 4.79 Å². The Morgan fingerprint density at radius 2 is 2.26 bits per heavy atom. The van der Waals surface area contributed by atoms with Crippen LogP contribution in [0.25, 0.3) is 0 Å². The molecule has 3 N–H and O–H groups in total. The first-order valence-corrected chi connectivity index (χ1v) is 7.22. The molecule has 23 heavy (non-hydrogen) atoms. The first-order valence-electron chi connectivity index (χ1n) is 6.84. The molecule has 6 nitrogen and oxygen atoms in total. The Labute approximate surface area is 138 Å². The van der Waals surface area contributed by atoms with E-state index in [1.54, 1.807) is 13.8 Å². The van der Waals surface area contributed by atoms with Gasteiger partial charge < -0.3 is 20.3 Å². The Morgan fingerprint density at radius 3 is 2.87 bits per heavy atom. The number of benzene rings is 1. The number of hydrogen-bond donors (Lipinski definition) is 2. The molecule has 0 saturated carbocycles. The van der Waals surface area contributed by atoms with Gasteiger partial charge in [-0.3, -0.25) is 0 Å². The number of esters is 1. The molecule has 1 aliphatic heterocycles. The van der Waals surface area contributed by atoms with Crippen molar-refractivity contribution in [1.29, 1.82) is 5.26 Å². The number of phenolic OH excluding ortho intramolecular Hbond substituents is 1. The number of allylic oxidation sites excluding steroid dienone is 2. The number of nitrogens with two attached hydrogens (primary N) is 1. The molecule has 0 radical (unpaired) electrons. The molecule has 1 atom stereocenters. The van der Waals surface area contributed by atoms with Crippen molar-refractivity contribution in [3.8, 4) is 11.8 Å². The minimum atomic E-state index is -0.911. The fourth-order valence-electron chi connectivity index (χ4n) is 2.42. The molecule has 1 aliphatic rings. The van der Waals surface area contributed by atoms with Gasteiger partial charge in [0.25, 0.3) is 0 Å². The van der Waals surface area contributed by atoms with Gasteiger partial charge in [-0.1, -0.05) is 11.6 Å². The van der Waals surface area contributed by atoms with Crippen molar-refractivity contribution in [3.63, 3.8) is 0 Å². The van der Waals surface area contributed by atoms with Gasteiger partial charge >= 0.3 is 5.97 Å².